The third-order valence-corrected chi connectivity index (χ3v) is 3.73. The highest BCUT2D eigenvalue weighted by molar-refractivity contribution is 6.59. The Morgan fingerprint density at radius 2 is 1.61 bits per heavy atom. The molecular formula is C17H10ClNO4. The van der Waals surface area contributed by atoms with E-state index >= 15 is 0 Å². The van der Waals surface area contributed by atoms with Crippen molar-refractivity contribution in [3.63, 3.8) is 0 Å². The van der Waals surface area contributed by atoms with E-state index in [4.69, 9.17) is 11.6 Å². The molecule has 0 unspecified atom stereocenters. The maximum atomic E-state index is 12.6. The quantitative estimate of drug-likeness (QED) is 0.881. The fraction of sp³-hybridized carbons (Fsp3) is 0. The molecule has 2 N–H and O–H groups in total. The summed E-state index contributed by atoms with van der Waals surface area (Å²) >= 11 is 6.01. The lowest BCUT2D eigenvalue weighted by Crippen LogP contribution is -2.28. The minimum atomic E-state index is -1.43. The first-order valence-corrected chi connectivity index (χ1v) is 7.02. The smallest absolute Gasteiger partial charge is 0.341 e. The number of aliphatic carboxylic acids is 1. The maximum absolute atomic E-state index is 12.6. The summed E-state index contributed by atoms with van der Waals surface area (Å²) in [7, 11) is 0. The second-order valence-corrected chi connectivity index (χ2v) is 5.22. The number of nitrogens with zero attached hydrogens (tertiary/aromatic N) is 1. The van der Waals surface area contributed by atoms with Gasteiger partial charge in [-0.15, -0.1) is 0 Å². The predicted octanol–water partition coefficient (Wildman–Crippen LogP) is 3.66. The average molecular weight is 328 g/mol. The van der Waals surface area contributed by atoms with E-state index < -0.39 is 23.1 Å². The summed E-state index contributed by atoms with van der Waals surface area (Å²) in [6, 6.07) is 12.7. The molecule has 6 heteroatoms. The van der Waals surface area contributed by atoms with Crippen molar-refractivity contribution in [3.8, 4) is 0 Å². The van der Waals surface area contributed by atoms with Crippen molar-refractivity contribution in [1.29, 1.82) is 0 Å². The van der Waals surface area contributed by atoms with Crippen LogP contribution in [0.4, 0.5) is 5.69 Å². The van der Waals surface area contributed by atoms with E-state index in [2.05, 4.69) is 4.99 Å². The van der Waals surface area contributed by atoms with Crippen molar-refractivity contribution in [2.24, 2.45) is 4.99 Å². The molecule has 5 nitrogen and oxygen atoms in total. The van der Waals surface area contributed by atoms with Crippen molar-refractivity contribution >= 4 is 40.5 Å². The number of carboxylic acid groups (broad SMARTS) is 1. The minimum Gasteiger partial charge on any atom is -0.506 e. The second kappa shape index (κ2) is 5.70. The van der Waals surface area contributed by atoms with E-state index in [1.807, 2.05) is 0 Å². The largest absolute Gasteiger partial charge is 0.506 e. The molecule has 0 atom stereocenters. The third-order valence-electron chi connectivity index (χ3n) is 3.41. The molecule has 0 bridgehead atoms. The lowest BCUT2D eigenvalue weighted by atomic mass is 9.87. The van der Waals surface area contributed by atoms with Crippen LogP contribution in [0.5, 0.6) is 0 Å². The molecule has 1 aliphatic rings. The molecule has 2 aromatic carbocycles. The number of aliphatic hydroxyl groups is 1. The Hall–Kier alpha value is -2.92. The van der Waals surface area contributed by atoms with Crippen molar-refractivity contribution in [1.82, 2.24) is 0 Å². The molecule has 0 saturated carbocycles. The molecule has 2 aromatic rings. The molecule has 0 spiro atoms. The van der Waals surface area contributed by atoms with Gasteiger partial charge in [-0.1, -0.05) is 48.0 Å². The Morgan fingerprint density at radius 1 is 1.00 bits per heavy atom. The Bertz CT molecular complexity index is 899. The number of fused-ring (bicyclic) bond motifs is 1. The summed E-state index contributed by atoms with van der Waals surface area (Å²) in [5.74, 6) is -2.50. The number of rotatable bonds is 2. The van der Waals surface area contributed by atoms with Gasteiger partial charge in [-0.2, -0.15) is 0 Å². The molecule has 1 aliphatic carbocycles. The minimum absolute atomic E-state index is 0.174. The topological polar surface area (TPSA) is 87.0 Å². The number of Topliss-reactive ketones (excluding diaryl/α,β-unsaturated/α-hetero) is 1. The first-order valence-electron chi connectivity index (χ1n) is 6.65. The van der Waals surface area contributed by atoms with Crippen LogP contribution in [0, 0.1) is 0 Å². The molecular weight excluding hydrogens is 318 g/mol. The second-order valence-electron chi connectivity index (χ2n) is 4.82. The zero-order valence-electron chi connectivity index (χ0n) is 11.7. The summed E-state index contributed by atoms with van der Waals surface area (Å²) in [6.07, 6.45) is 0. The summed E-state index contributed by atoms with van der Waals surface area (Å²) in [4.78, 5) is 28.2. The molecule has 23 heavy (non-hydrogen) atoms. The highest BCUT2D eigenvalue weighted by Crippen LogP contribution is 2.31. The SMILES string of the molecule is O=C(O)C1=C(O)c2ccccc2C(=O)C1=Nc1ccccc1Cl. The number of para-hydroxylation sites is 1. The van der Waals surface area contributed by atoms with Crippen LogP contribution in [0.15, 0.2) is 59.1 Å². The number of carboxylic acids is 1. The number of aliphatic hydroxyl groups excluding tert-OH is 1. The number of hydrogen-bond acceptors (Lipinski definition) is 4. The van der Waals surface area contributed by atoms with Crippen molar-refractivity contribution in [2.75, 3.05) is 0 Å². The molecule has 0 radical (unpaired) electrons. The van der Waals surface area contributed by atoms with Crippen LogP contribution >= 0.6 is 11.6 Å². The van der Waals surface area contributed by atoms with Gasteiger partial charge in [-0.25, -0.2) is 9.79 Å². The molecule has 114 valence electrons. The van der Waals surface area contributed by atoms with Gasteiger partial charge in [0, 0.05) is 11.1 Å². The van der Waals surface area contributed by atoms with Gasteiger partial charge in [-0.3, -0.25) is 4.79 Å². The molecule has 0 saturated heterocycles. The van der Waals surface area contributed by atoms with Crippen LogP contribution in [0.1, 0.15) is 15.9 Å². The van der Waals surface area contributed by atoms with Gasteiger partial charge in [0.15, 0.2) is 0 Å². The van der Waals surface area contributed by atoms with Crippen molar-refractivity contribution in [3.05, 3.63) is 70.3 Å². The lowest BCUT2D eigenvalue weighted by Gasteiger charge is -2.18. The Morgan fingerprint density at radius 3 is 2.26 bits per heavy atom. The Kier molecular flexibility index (Phi) is 3.72. The zero-order chi connectivity index (χ0) is 16.6. The van der Waals surface area contributed by atoms with E-state index in [0.29, 0.717) is 0 Å². The van der Waals surface area contributed by atoms with Gasteiger partial charge in [0.1, 0.15) is 17.0 Å². The molecule has 3 rings (SSSR count). The van der Waals surface area contributed by atoms with Crippen LogP contribution in [0.2, 0.25) is 5.02 Å². The summed E-state index contributed by atoms with van der Waals surface area (Å²) < 4.78 is 0. The van der Waals surface area contributed by atoms with Gasteiger partial charge < -0.3 is 10.2 Å². The number of aliphatic imine (C=N–C) groups is 1. The number of halogens is 1. The highest BCUT2D eigenvalue weighted by Gasteiger charge is 2.34. The number of hydrogen-bond donors (Lipinski definition) is 2. The van der Waals surface area contributed by atoms with E-state index in [-0.39, 0.29) is 27.5 Å². The molecule has 0 fully saturated rings. The fourth-order valence-corrected chi connectivity index (χ4v) is 2.53. The van der Waals surface area contributed by atoms with Gasteiger partial charge in [-0.05, 0) is 12.1 Å². The van der Waals surface area contributed by atoms with E-state index in [1.54, 1.807) is 36.4 Å². The van der Waals surface area contributed by atoms with Gasteiger partial charge in [0.25, 0.3) is 0 Å². The van der Waals surface area contributed by atoms with Gasteiger partial charge >= 0.3 is 5.97 Å². The third kappa shape index (κ3) is 2.51. The summed E-state index contributed by atoms with van der Waals surface area (Å²) in [6.45, 7) is 0. The predicted molar refractivity (Wildman–Crippen MR) is 86.5 cm³/mol. The van der Waals surface area contributed by atoms with E-state index in [9.17, 15) is 19.8 Å². The highest BCUT2D eigenvalue weighted by atomic mass is 35.5. The average Bonchev–Trinajstić information content (AvgIpc) is 2.54. The fourth-order valence-electron chi connectivity index (χ4n) is 2.35. The van der Waals surface area contributed by atoms with Crippen LogP contribution in [-0.2, 0) is 4.79 Å². The van der Waals surface area contributed by atoms with Gasteiger partial charge in [0.05, 0.1) is 10.7 Å². The number of carbonyl (C=O) groups is 2. The van der Waals surface area contributed by atoms with E-state index in [0.717, 1.165) is 0 Å². The van der Waals surface area contributed by atoms with Crippen molar-refractivity contribution in [2.45, 2.75) is 0 Å². The normalized spacial score (nSPS) is 15.7. The monoisotopic (exact) mass is 327 g/mol. The number of carbonyl (C=O) groups excluding carboxylic acids is 1. The Labute approximate surface area is 136 Å². The summed E-state index contributed by atoms with van der Waals surface area (Å²) in [5, 5.41) is 19.9. The number of benzene rings is 2. The Balaban J connectivity index is 2.29. The molecule has 0 amide bonds. The lowest BCUT2D eigenvalue weighted by molar-refractivity contribution is -0.132. The van der Waals surface area contributed by atoms with Crippen LogP contribution < -0.4 is 0 Å². The van der Waals surface area contributed by atoms with Crippen molar-refractivity contribution < 1.29 is 19.8 Å². The van der Waals surface area contributed by atoms with E-state index in [1.165, 1.54) is 12.1 Å². The van der Waals surface area contributed by atoms with Crippen LogP contribution in [0.25, 0.3) is 5.76 Å². The first kappa shape index (κ1) is 15.0. The number of ketones is 1. The first-order chi connectivity index (χ1) is 11.0. The van der Waals surface area contributed by atoms with Gasteiger partial charge in [0.2, 0.25) is 5.78 Å². The molecule has 0 aromatic heterocycles. The molecule has 0 heterocycles. The summed E-state index contributed by atoms with van der Waals surface area (Å²) in [5.41, 5.74) is -0.257. The zero-order valence-corrected chi connectivity index (χ0v) is 12.4. The van der Waals surface area contributed by atoms with Crippen LogP contribution in [0.3, 0.4) is 0 Å². The molecule has 0 aliphatic heterocycles. The standard InChI is InChI=1S/C17H10ClNO4/c18-11-7-3-4-8-12(11)19-14-13(17(22)23)15(20)9-5-1-2-6-10(9)16(14)21/h1-8,20H,(H,22,23). The maximum Gasteiger partial charge on any atom is 0.341 e. The van der Waals surface area contributed by atoms with Crippen LogP contribution in [-0.4, -0.2) is 27.7 Å².